The summed E-state index contributed by atoms with van der Waals surface area (Å²) in [5.74, 6) is 0. The van der Waals surface area contributed by atoms with Crippen molar-refractivity contribution in [3.63, 3.8) is 0 Å². The van der Waals surface area contributed by atoms with E-state index in [4.69, 9.17) is 8.95 Å². The van der Waals surface area contributed by atoms with Gasteiger partial charge in [-0.1, -0.05) is 46.5 Å². The van der Waals surface area contributed by atoms with Gasteiger partial charge in [-0.05, 0) is 25.4 Å². The van der Waals surface area contributed by atoms with Crippen LogP contribution in [0.2, 0.25) is 38.8 Å². The second-order valence-corrected chi connectivity index (χ2v) is 36.2. The minimum Gasteiger partial charge on any atom is -0.409 e. The third kappa shape index (κ3) is 4.23. The van der Waals surface area contributed by atoms with Crippen LogP contribution in [-0.2, 0) is 13.5 Å². The molecule has 0 amide bonds. The fourth-order valence-corrected chi connectivity index (χ4v) is 40.4. The molecule has 0 saturated carbocycles. The molecule has 0 aromatic carbocycles. The molecule has 7 nitrogen and oxygen atoms in total. The largest absolute Gasteiger partial charge is 0.469 e. The number of aliphatic hydroxyl groups is 2. The highest BCUT2D eigenvalue weighted by atomic mass is 31.2. The van der Waals surface area contributed by atoms with Crippen LogP contribution in [0.5, 0.6) is 0 Å². The summed E-state index contributed by atoms with van der Waals surface area (Å²) in [5.41, 5.74) is 0. The van der Waals surface area contributed by atoms with E-state index in [1.54, 1.807) is 0 Å². The number of hydrogen-bond donors (Lipinski definition) is 4. The Balaban J connectivity index is 3.61. The van der Waals surface area contributed by atoms with Gasteiger partial charge in [-0.25, -0.2) is 4.57 Å². The third-order valence-corrected chi connectivity index (χ3v) is 47.9. The average Bonchev–Trinajstić information content (AvgIpc) is 2.42. The molecular formula is C14H35O7PSi3. The van der Waals surface area contributed by atoms with Crippen molar-refractivity contribution in [3.05, 3.63) is 0 Å². The minimum absolute atomic E-state index is 0.434. The van der Waals surface area contributed by atoms with E-state index >= 15 is 0 Å². The first kappa shape index (κ1) is 23.7. The summed E-state index contributed by atoms with van der Waals surface area (Å²) >= 11 is 0. The van der Waals surface area contributed by atoms with Crippen molar-refractivity contribution in [2.75, 3.05) is 0 Å². The van der Waals surface area contributed by atoms with E-state index < -0.39 is 48.0 Å². The van der Waals surface area contributed by atoms with Gasteiger partial charge in [0.2, 0.25) is 7.83 Å². The van der Waals surface area contributed by atoms with Crippen LogP contribution >= 0.6 is 7.82 Å². The van der Waals surface area contributed by atoms with Crippen molar-refractivity contribution >= 4 is 30.4 Å². The third-order valence-electron chi connectivity index (χ3n) is 6.70. The molecule has 25 heavy (non-hydrogen) atoms. The summed E-state index contributed by atoms with van der Waals surface area (Å²) in [5, 5.41) is 18.6. The monoisotopic (exact) mass is 430 g/mol. The predicted molar refractivity (Wildman–Crippen MR) is 106 cm³/mol. The number of phosphoric acid groups is 1. The molecule has 0 aromatic rings. The summed E-state index contributed by atoms with van der Waals surface area (Å²) in [6.45, 7) is 14.8. The highest BCUT2D eigenvalue weighted by molar-refractivity contribution is 7.68. The van der Waals surface area contributed by atoms with Gasteiger partial charge in [0, 0.05) is 7.59 Å². The normalized spacial score (nSPS) is 31.8. The van der Waals surface area contributed by atoms with E-state index in [9.17, 15) is 24.6 Å². The zero-order chi connectivity index (χ0) is 19.9. The van der Waals surface area contributed by atoms with Gasteiger partial charge in [0.25, 0.3) is 0 Å². The number of aliphatic hydroxyl groups excluding tert-OH is 1. The summed E-state index contributed by atoms with van der Waals surface area (Å²) in [7, 11) is -11.6. The molecule has 1 saturated heterocycles. The Kier molecular flexibility index (Phi) is 7.17. The Morgan fingerprint density at radius 3 is 2.08 bits per heavy atom. The molecule has 1 fully saturated rings. The first-order valence-electron chi connectivity index (χ1n) is 8.89. The number of rotatable bonds is 7. The highest BCUT2D eigenvalue weighted by Gasteiger charge is 2.70. The second-order valence-electron chi connectivity index (χ2n) is 8.50. The van der Waals surface area contributed by atoms with Crippen molar-refractivity contribution in [2.45, 2.75) is 89.5 Å². The van der Waals surface area contributed by atoms with E-state index in [1.165, 1.54) is 0 Å². The van der Waals surface area contributed by atoms with Gasteiger partial charge in [0.15, 0.2) is 6.29 Å². The summed E-state index contributed by atoms with van der Waals surface area (Å²) in [4.78, 5) is 19.2. The molecule has 3 atom stereocenters. The standard InChI is InChI=1S/C14H35O7PSi3/c1-8-10-14(9-2,21-22(17,18)19)25(7)20-12(13(15)16)11-23(3,4)24(25,5)6/h12-13,15-16H,8-11H2,1-7H3,(H2,17,18,19). The molecule has 1 aliphatic heterocycles. The lowest BCUT2D eigenvalue weighted by atomic mass is 10.1. The fraction of sp³-hybridized carbons (Fsp3) is 1.00. The SMILES string of the molecule is CCCC(CC)(OP(=O)(O)O)[Si]1(C)OC(C(O)O)C[Si](C)(C)[Si]1(C)C. The van der Waals surface area contributed by atoms with Gasteiger partial charge < -0.3 is 24.4 Å². The lowest BCUT2D eigenvalue weighted by molar-refractivity contribution is -0.112. The summed E-state index contributed by atoms with van der Waals surface area (Å²) in [6.07, 6.45) is -0.661. The van der Waals surface area contributed by atoms with Crippen LogP contribution in [0.25, 0.3) is 0 Å². The number of hydrogen-bond acceptors (Lipinski definition) is 5. The Morgan fingerprint density at radius 1 is 1.20 bits per heavy atom. The van der Waals surface area contributed by atoms with Gasteiger partial charge in [-0.2, -0.15) is 0 Å². The maximum Gasteiger partial charge on any atom is 0.469 e. The molecule has 4 N–H and O–H groups in total. The van der Waals surface area contributed by atoms with Crippen LogP contribution in [-0.4, -0.2) is 60.2 Å². The molecule has 0 bridgehead atoms. The van der Waals surface area contributed by atoms with Crippen LogP contribution < -0.4 is 0 Å². The predicted octanol–water partition coefficient (Wildman–Crippen LogP) is 2.44. The summed E-state index contributed by atoms with van der Waals surface area (Å²) in [6, 6.07) is 0.647. The van der Waals surface area contributed by atoms with Crippen molar-refractivity contribution in [2.24, 2.45) is 0 Å². The van der Waals surface area contributed by atoms with Crippen LogP contribution in [0.15, 0.2) is 0 Å². The molecule has 1 aliphatic rings. The number of phosphoric ester groups is 1. The van der Waals surface area contributed by atoms with E-state index in [0.717, 1.165) is 0 Å². The van der Waals surface area contributed by atoms with Gasteiger partial charge >= 0.3 is 7.82 Å². The quantitative estimate of drug-likeness (QED) is 0.278. The highest BCUT2D eigenvalue weighted by Crippen LogP contribution is 2.54. The summed E-state index contributed by atoms with van der Waals surface area (Å²) < 4.78 is 23.7. The first-order chi connectivity index (χ1) is 11.1. The van der Waals surface area contributed by atoms with Gasteiger partial charge in [-0.3, -0.25) is 4.52 Å². The van der Waals surface area contributed by atoms with Crippen molar-refractivity contribution in [1.82, 2.24) is 0 Å². The minimum atomic E-state index is -4.72. The topological polar surface area (TPSA) is 116 Å². The van der Waals surface area contributed by atoms with Crippen LogP contribution in [0.1, 0.15) is 33.1 Å². The molecule has 0 aromatic heterocycles. The molecule has 3 unspecified atom stereocenters. The van der Waals surface area contributed by atoms with Crippen molar-refractivity contribution in [1.29, 1.82) is 0 Å². The zero-order valence-electron chi connectivity index (χ0n) is 16.4. The van der Waals surface area contributed by atoms with Crippen LogP contribution in [0.3, 0.4) is 0 Å². The molecular weight excluding hydrogens is 395 g/mol. The van der Waals surface area contributed by atoms with Crippen molar-refractivity contribution in [3.8, 4) is 0 Å². The molecule has 0 aliphatic carbocycles. The van der Waals surface area contributed by atoms with Gasteiger partial charge in [0.05, 0.1) is 18.4 Å². The van der Waals surface area contributed by atoms with Gasteiger partial charge in [0.1, 0.15) is 0 Å². The molecule has 0 spiro atoms. The zero-order valence-corrected chi connectivity index (χ0v) is 20.3. The average molecular weight is 431 g/mol. The Morgan fingerprint density at radius 2 is 1.72 bits per heavy atom. The van der Waals surface area contributed by atoms with E-state index in [2.05, 4.69) is 26.2 Å². The van der Waals surface area contributed by atoms with Gasteiger partial charge in [-0.15, -0.1) is 0 Å². The lowest BCUT2D eigenvalue weighted by Gasteiger charge is -2.62. The molecule has 1 heterocycles. The molecule has 0 radical (unpaired) electrons. The molecule has 11 heteroatoms. The Bertz CT molecular complexity index is 525. The van der Waals surface area contributed by atoms with Crippen LogP contribution in [0, 0.1) is 0 Å². The Labute approximate surface area is 153 Å². The smallest absolute Gasteiger partial charge is 0.409 e. The van der Waals surface area contributed by atoms with Crippen LogP contribution in [0.4, 0.5) is 0 Å². The maximum atomic E-state index is 11.8. The molecule has 1 rings (SSSR count). The first-order valence-corrected chi connectivity index (χ1v) is 21.0. The Hall–Kier alpha value is 0.641. The van der Waals surface area contributed by atoms with E-state index in [-0.39, 0.29) is 0 Å². The lowest BCUT2D eigenvalue weighted by Crippen LogP contribution is -2.85. The second kappa shape index (κ2) is 7.57. The molecule has 150 valence electrons. The maximum absolute atomic E-state index is 11.8. The van der Waals surface area contributed by atoms with E-state index in [1.807, 2.05) is 20.4 Å². The van der Waals surface area contributed by atoms with Crippen molar-refractivity contribution < 1.29 is 33.5 Å². The fourth-order valence-electron chi connectivity index (χ4n) is 4.32. The van der Waals surface area contributed by atoms with E-state index in [0.29, 0.717) is 25.3 Å².